The molecule has 2 aromatic heterocycles. The highest BCUT2D eigenvalue weighted by molar-refractivity contribution is 7.92. The van der Waals surface area contributed by atoms with Crippen LogP contribution in [0.3, 0.4) is 0 Å². The maximum absolute atomic E-state index is 14.4. The zero-order valence-electron chi connectivity index (χ0n) is 18.6. The Kier molecular flexibility index (Phi) is 7.74. The molecule has 0 fully saturated rings. The van der Waals surface area contributed by atoms with Gasteiger partial charge in [-0.3, -0.25) is 14.5 Å². The highest BCUT2D eigenvalue weighted by Gasteiger charge is 2.33. The van der Waals surface area contributed by atoms with Gasteiger partial charge in [-0.25, -0.2) is 17.8 Å². The number of terminal acetylenes is 1. The van der Waals surface area contributed by atoms with Crippen LogP contribution in [0, 0.1) is 18.2 Å². The van der Waals surface area contributed by atoms with Crippen LogP contribution in [0.2, 0.25) is 0 Å². The highest BCUT2D eigenvalue weighted by Crippen LogP contribution is 2.31. The van der Waals surface area contributed by atoms with Gasteiger partial charge in [-0.05, 0) is 42.0 Å². The maximum atomic E-state index is 14.4. The van der Waals surface area contributed by atoms with E-state index in [-0.39, 0.29) is 34.6 Å². The monoisotopic (exact) mass is 518 g/mol. The number of pyridine rings is 2. The van der Waals surface area contributed by atoms with E-state index in [4.69, 9.17) is 6.42 Å². The molecule has 0 aliphatic heterocycles. The van der Waals surface area contributed by atoms with E-state index >= 15 is 0 Å². The molecule has 0 saturated heterocycles. The molecule has 2 heterocycles. The van der Waals surface area contributed by atoms with Crippen molar-refractivity contribution in [3.05, 3.63) is 83.1 Å². The molecule has 0 radical (unpaired) electrons. The van der Waals surface area contributed by atoms with Gasteiger partial charge in [0.05, 0.1) is 23.2 Å². The summed E-state index contributed by atoms with van der Waals surface area (Å²) in [6.45, 7) is -0.158. The predicted octanol–water partition coefficient (Wildman–Crippen LogP) is 3.98. The highest BCUT2D eigenvalue weighted by atomic mass is 32.2. The topological polar surface area (TPSA) is 101 Å². The van der Waals surface area contributed by atoms with Gasteiger partial charge in [-0.15, -0.1) is 6.42 Å². The smallest absolute Gasteiger partial charge is 0.348 e. The van der Waals surface area contributed by atoms with E-state index in [1.165, 1.54) is 42.7 Å². The van der Waals surface area contributed by atoms with Crippen molar-refractivity contribution in [3.8, 4) is 23.6 Å². The first-order valence-electron chi connectivity index (χ1n) is 10.1. The second-order valence-electron chi connectivity index (χ2n) is 7.44. The van der Waals surface area contributed by atoms with Crippen LogP contribution in [-0.2, 0) is 27.5 Å². The molecule has 3 aromatic rings. The number of aromatic nitrogens is 2. The molecule has 1 aromatic carbocycles. The van der Waals surface area contributed by atoms with E-state index in [9.17, 15) is 30.8 Å². The summed E-state index contributed by atoms with van der Waals surface area (Å²) in [6.07, 6.45) is 6.71. The van der Waals surface area contributed by atoms with E-state index in [1.807, 2.05) is 4.72 Å². The SMILES string of the molecule is C#Cc1cc(CNC(=O)/C=C\c2ccc(C(F)(F)F)nc2-c2cccnc2)cc(F)c1NS(C)(=O)=O. The number of carbonyl (C=O) groups is 1. The lowest BCUT2D eigenvalue weighted by atomic mass is 10.1. The summed E-state index contributed by atoms with van der Waals surface area (Å²) in [4.78, 5) is 19.9. The summed E-state index contributed by atoms with van der Waals surface area (Å²) in [5, 5.41) is 2.50. The van der Waals surface area contributed by atoms with Gasteiger partial charge < -0.3 is 5.32 Å². The number of amides is 1. The number of rotatable bonds is 7. The summed E-state index contributed by atoms with van der Waals surface area (Å²) in [7, 11) is -3.78. The van der Waals surface area contributed by atoms with Gasteiger partial charge in [-0.2, -0.15) is 13.2 Å². The van der Waals surface area contributed by atoms with E-state index in [0.717, 1.165) is 24.5 Å². The summed E-state index contributed by atoms with van der Waals surface area (Å²) >= 11 is 0. The summed E-state index contributed by atoms with van der Waals surface area (Å²) < 4.78 is 78.7. The number of nitrogens with zero attached hydrogens (tertiary/aromatic N) is 2. The molecular weight excluding hydrogens is 500 g/mol. The molecule has 0 saturated carbocycles. The fourth-order valence-corrected chi connectivity index (χ4v) is 3.66. The summed E-state index contributed by atoms with van der Waals surface area (Å²) in [5.41, 5.74) is -0.732. The van der Waals surface area contributed by atoms with Crippen molar-refractivity contribution < 1.29 is 30.8 Å². The minimum absolute atomic E-state index is 0.0170. The summed E-state index contributed by atoms with van der Waals surface area (Å²) in [5.74, 6) is 0.630. The number of sulfonamides is 1. The van der Waals surface area contributed by atoms with Crippen LogP contribution < -0.4 is 10.0 Å². The van der Waals surface area contributed by atoms with Crippen LogP contribution in [0.15, 0.2) is 54.9 Å². The Hall–Kier alpha value is -4.24. The molecule has 0 bridgehead atoms. The molecular formula is C24H18F4N4O3S. The van der Waals surface area contributed by atoms with E-state index in [2.05, 4.69) is 21.2 Å². The van der Waals surface area contributed by atoms with Crippen molar-refractivity contribution in [2.45, 2.75) is 12.7 Å². The number of benzene rings is 1. The van der Waals surface area contributed by atoms with Crippen molar-refractivity contribution in [1.82, 2.24) is 15.3 Å². The number of halogens is 4. The molecule has 3 rings (SSSR count). The van der Waals surface area contributed by atoms with Crippen LogP contribution in [0.4, 0.5) is 23.2 Å². The third-order valence-electron chi connectivity index (χ3n) is 4.63. The fourth-order valence-electron chi connectivity index (χ4n) is 3.08. The number of anilines is 1. The average molecular weight is 518 g/mol. The van der Waals surface area contributed by atoms with E-state index in [1.54, 1.807) is 0 Å². The second kappa shape index (κ2) is 10.6. The van der Waals surface area contributed by atoms with Gasteiger partial charge in [0.1, 0.15) is 11.5 Å². The molecule has 7 nitrogen and oxygen atoms in total. The van der Waals surface area contributed by atoms with Gasteiger partial charge >= 0.3 is 6.18 Å². The first-order valence-corrected chi connectivity index (χ1v) is 12.0. The molecule has 186 valence electrons. The number of nitrogens with one attached hydrogen (secondary N) is 2. The van der Waals surface area contributed by atoms with Gasteiger partial charge in [0.2, 0.25) is 15.9 Å². The third kappa shape index (κ3) is 6.89. The van der Waals surface area contributed by atoms with Gasteiger partial charge in [0.25, 0.3) is 0 Å². The maximum Gasteiger partial charge on any atom is 0.433 e. The van der Waals surface area contributed by atoms with Crippen molar-refractivity contribution in [3.63, 3.8) is 0 Å². The van der Waals surface area contributed by atoms with Crippen LogP contribution >= 0.6 is 0 Å². The first kappa shape index (κ1) is 26.4. The van der Waals surface area contributed by atoms with Gasteiger partial charge in [-0.1, -0.05) is 12.0 Å². The molecule has 0 aliphatic carbocycles. The van der Waals surface area contributed by atoms with E-state index in [0.29, 0.717) is 5.56 Å². The Labute approximate surface area is 204 Å². The molecule has 0 atom stereocenters. The third-order valence-corrected chi connectivity index (χ3v) is 5.20. The molecule has 36 heavy (non-hydrogen) atoms. The molecule has 0 aliphatic rings. The van der Waals surface area contributed by atoms with Gasteiger partial charge in [0, 0.05) is 36.1 Å². The number of hydrogen-bond acceptors (Lipinski definition) is 5. The lowest BCUT2D eigenvalue weighted by Crippen LogP contribution is -2.21. The van der Waals surface area contributed by atoms with Crippen LogP contribution in [0.25, 0.3) is 17.3 Å². The number of alkyl halides is 3. The quantitative estimate of drug-likeness (QED) is 0.280. The van der Waals surface area contributed by atoms with Crippen LogP contribution in [-0.4, -0.2) is 30.5 Å². The standard InChI is InChI=1S/C24H18F4N4O3S/c1-3-16-11-15(12-19(25)23(16)32-36(2,34)35)13-30-21(33)9-7-17-6-8-20(24(26,27)28)31-22(17)18-5-4-10-29-14-18/h1,4-12,14,32H,13H2,2H3,(H,30,33)/b9-7-. The van der Waals surface area contributed by atoms with Crippen LogP contribution in [0.1, 0.15) is 22.4 Å². The second-order valence-corrected chi connectivity index (χ2v) is 9.19. The molecule has 12 heteroatoms. The van der Waals surface area contributed by atoms with Crippen molar-refractivity contribution in [1.29, 1.82) is 0 Å². The van der Waals surface area contributed by atoms with Crippen LogP contribution in [0.5, 0.6) is 0 Å². The van der Waals surface area contributed by atoms with Gasteiger partial charge in [0.15, 0.2) is 0 Å². The molecule has 1 amide bonds. The van der Waals surface area contributed by atoms with Crippen molar-refractivity contribution in [2.75, 3.05) is 11.0 Å². The molecule has 0 spiro atoms. The molecule has 0 unspecified atom stereocenters. The Morgan fingerprint density at radius 1 is 1.22 bits per heavy atom. The number of hydrogen-bond donors (Lipinski definition) is 2. The zero-order chi connectivity index (χ0) is 26.5. The number of carbonyl (C=O) groups excluding carboxylic acids is 1. The summed E-state index contributed by atoms with van der Waals surface area (Å²) in [6, 6.07) is 7.40. The zero-order valence-corrected chi connectivity index (χ0v) is 19.4. The Balaban J connectivity index is 1.80. The minimum Gasteiger partial charge on any atom is -0.348 e. The Bertz CT molecular complexity index is 1470. The predicted molar refractivity (Wildman–Crippen MR) is 126 cm³/mol. The Morgan fingerprint density at radius 3 is 2.58 bits per heavy atom. The fraction of sp³-hybridized carbons (Fsp3) is 0.125. The largest absolute Gasteiger partial charge is 0.433 e. The first-order chi connectivity index (χ1) is 16.9. The van der Waals surface area contributed by atoms with Crippen molar-refractivity contribution >= 4 is 27.7 Å². The van der Waals surface area contributed by atoms with Crippen molar-refractivity contribution in [2.24, 2.45) is 0 Å². The average Bonchev–Trinajstić information content (AvgIpc) is 2.82. The van der Waals surface area contributed by atoms with E-state index < -0.39 is 33.6 Å². The normalized spacial score (nSPS) is 11.8. The minimum atomic E-state index is -4.66. The molecule has 2 N–H and O–H groups in total. The Morgan fingerprint density at radius 2 is 1.97 bits per heavy atom. The lowest BCUT2D eigenvalue weighted by molar-refractivity contribution is -0.141. The lowest BCUT2D eigenvalue weighted by Gasteiger charge is -2.11.